The highest BCUT2D eigenvalue weighted by atomic mass is 16.7. The van der Waals surface area contributed by atoms with Gasteiger partial charge in [-0.1, -0.05) is 79.2 Å². The van der Waals surface area contributed by atoms with Crippen LogP contribution in [-0.2, 0) is 20.9 Å². The molecule has 1 amide bonds. The lowest BCUT2D eigenvalue weighted by Gasteiger charge is -2.59. The summed E-state index contributed by atoms with van der Waals surface area (Å²) < 4.78 is 25.8. The van der Waals surface area contributed by atoms with Gasteiger partial charge in [-0.15, -0.1) is 13.2 Å². The molecule has 6 atom stereocenters. The number of aliphatic hydroxyl groups excluding tert-OH is 2. The highest BCUT2D eigenvalue weighted by molar-refractivity contribution is 6.02. The van der Waals surface area contributed by atoms with Crippen LogP contribution in [-0.4, -0.2) is 78.8 Å². The Hall–Kier alpha value is -4.38. The molecular weight excluding hydrogens is 672 g/mol. The average Bonchev–Trinajstić information content (AvgIpc) is 3.18. The zero-order valence-electron chi connectivity index (χ0n) is 31.1. The lowest BCUT2D eigenvalue weighted by Crippen LogP contribution is -2.69. The van der Waals surface area contributed by atoms with E-state index in [0.29, 0.717) is 37.4 Å². The molecule has 1 heterocycles. The molecule has 2 N–H and O–H groups in total. The standard InChI is InChI=1S/C43H56N2O8/c1-5-8-26-50-42(48)45(4)39-29-37(44-52-30-31-16-10-9-11-17-31)35-27-32(18-12-14-22-46)34(19-13-15-23-47)40-36-28-33(49-24-6-2)20-21-38(36)53-43(39,41(35)40)51-25-7-3/h5-7,9-11,16-17,20-21,27-28,32,34,39-41,46-47H,1-3,8,12-15,18-19,22-26,29-30H2,4H3. The lowest BCUT2D eigenvalue weighted by atomic mass is 9.55. The second-order valence-electron chi connectivity index (χ2n) is 13.9. The predicted octanol–water partition coefficient (Wildman–Crippen LogP) is 7.73. The zero-order chi connectivity index (χ0) is 37.6. The zero-order valence-corrected chi connectivity index (χ0v) is 31.1. The van der Waals surface area contributed by atoms with Gasteiger partial charge in [0.2, 0.25) is 5.79 Å². The van der Waals surface area contributed by atoms with Crippen molar-refractivity contribution in [2.75, 3.05) is 40.1 Å². The van der Waals surface area contributed by atoms with Gasteiger partial charge in [-0.25, -0.2) is 4.79 Å². The number of oxime groups is 1. The Morgan fingerprint density at radius 1 is 1.00 bits per heavy atom. The van der Waals surface area contributed by atoms with E-state index in [-0.39, 0.29) is 57.2 Å². The Kier molecular flexibility index (Phi) is 14.7. The number of benzene rings is 2. The topological polar surface area (TPSA) is 119 Å². The smallest absolute Gasteiger partial charge is 0.409 e. The van der Waals surface area contributed by atoms with Gasteiger partial charge in [0.15, 0.2) is 0 Å². The summed E-state index contributed by atoms with van der Waals surface area (Å²) in [5, 5.41) is 24.4. The maximum Gasteiger partial charge on any atom is 0.409 e. The van der Waals surface area contributed by atoms with E-state index in [9.17, 15) is 15.0 Å². The Bertz CT molecular complexity index is 1590. The quantitative estimate of drug-likeness (QED) is 0.0762. The third kappa shape index (κ3) is 9.23. The molecule has 6 unspecified atom stereocenters. The fraction of sp³-hybridized carbons (Fsp3) is 0.488. The number of hydrogen-bond donors (Lipinski definition) is 2. The normalized spacial score (nSPS) is 24.8. The maximum atomic E-state index is 13.8. The first-order chi connectivity index (χ1) is 25.9. The molecule has 0 spiro atoms. The molecule has 0 saturated heterocycles. The molecule has 3 aliphatic rings. The number of ether oxygens (including phenoxy) is 4. The van der Waals surface area contributed by atoms with Crippen LogP contribution in [0.15, 0.2) is 103 Å². The van der Waals surface area contributed by atoms with E-state index >= 15 is 0 Å². The molecule has 0 aromatic heterocycles. The first kappa shape index (κ1) is 39.8. The van der Waals surface area contributed by atoms with E-state index < -0.39 is 23.8 Å². The van der Waals surface area contributed by atoms with Crippen LogP contribution in [0, 0.1) is 17.8 Å². The average molecular weight is 729 g/mol. The summed E-state index contributed by atoms with van der Waals surface area (Å²) in [6.07, 6.45) is 12.5. The summed E-state index contributed by atoms with van der Waals surface area (Å²) >= 11 is 0. The fourth-order valence-electron chi connectivity index (χ4n) is 8.19. The number of rotatable bonds is 21. The second-order valence-corrected chi connectivity index (χ2v) is 13.9. The number of nitrogens with zero attached hydrogens (tertiary/aromatic N) is 2. The summed E-state index contributed by atoms with van der Waals surface area (Å²) in [5.74, 6) is -0.341. The molecule has 2 aliphatic carbocycles. The third-order valence-corrected chi connectivity index (χ3v) is 10.6. The minimum atomic E-state index is -1.35. The van der Waals surface area contributed by atoms with Crippen LogP contribution in [0.2, 0.25) is 0 Å². The van der Waals surface area contributed by atoms with E-state index in [0.717, 1.165) is 48.1 Å². The van der Waals surface area contributed by atoms with Crippen LogP contribution in [0.3, 0.4) is 0 Å². The van der Waals surface area contributed by atoms with Gasteiger partial charge in [-0.05, 0) is 73.3 Å². The van der Waals surface area contributed by atoms with Gasteiger partial charge < -0.3 is 38.9 Å². The molecule has 53 heavy (non-hydrogen) atoms. The van der Waals surface area contributed by atoms with Crippen molar-refractivity contribution in [3.63, 3.8) is 0 Å². The van der Waals surface area contributed by atoms with Crippen LogP contribution in [0.1, 0.15) is 68.4 Å². The van der Waals surface area contributed by atoms with Gasteiger partial charge in [0.25, 0.3) is 0 Å². The number of fused-ring (bicyclic) bond motifs is 2. The molecule has 1 aliphatic heterocycles. The molecule has 10 nitrogen and oxygen atoms in total. The van der Waals surface area contributed by atoms with Crippen molar-refractivity contribution in [3.05, 3.63) is 109 Å². The van der Waals surface area contributed by atoms with Crippen LogP contribution in [0.25, 0.3) is 0 Å². The molecule has 0 radical (unpaired) electrons. The minimum Gasteiger partial charge on any atom is -0.490 e. The van der Waals surface area contributed by atoms with E-state index in [4.69, 9.17) is 28.9 Å². The van der Waals surface area contributed by atoms with Crippen molar-refractivity contribution in [2.24, 2.45) is 22.9 Å². The largest absolute Gasteiger partial charge is 0.490 e. The van der Waals surface area contributed by atoms with Gasteiger partial charge in [0, 0.05) is 38.2 Å². The second kappa shape index (κ2) is 19.6. The molecule has 0 bridgehead atoms. The summed E-state index contributed by atoms with van der Waals surface area (Å²) in [5.41, 5.74) is 3.66. The summed E-state index contributed by atoms with van der Waals surface area (Å²) in [6, 6.07) is 15.1. The van der Waals surface area contributed by atoms with Crippen molar-refractivity contribution >= 4 is 11.8 Å². The van der Waals surface area contributed by atoms with Crippen molar-refractivity contribution in [1.29, 1.82) is 0 Å². The first-order valence-electron chi connectivity index (χ1n) is 18.9. The SMILES string of the molecule is C=CCCOC(=O)N(C)C1CC(=NOCc2ccccc2)C2=CC(CCCCO)C(CCCCO)C3c4cc(OCC=C)ccc4OC1(OCC=C)C23. The third-order valence-electron chi connectivity index (χ3n) is 10.6. The molecule has 2 aromatic rings. The highest BCUT2D eigenvalue weighted by Crippen LogP contribution is 2.61. The Morgan fingerprint density at radius 2 is 1.75 bits per heavy atom. The van der Waals surface area contributed by atoms with Crippen LogP contribution >= 0.6 is 0 Å². The monoisotopic (exact) mass is 728 g/mol. The lowest BCUT2D eigenvalue weighted by molar-refractivity contribution is -0.253. The Morgan fingerprint density at radius 3 is 2.47 bits per heavy atom. The Balaban J connectivity index is 1.72. The van der Waals surface area contributed by atoms with E-state index in [2.05, 4.69) is 31.9 Å². The number of allylic oxidation sites excluding steroid dienone is 1. The van der Waals surface area contributed by atoms with E-state index in [1.165, 1.54) is 0 Å². The minimum absolute atomic E-state index is 0.105. The number of unbranched alkanes of at least 4 members (excludes halogenated alkanes) is 2. The van der Waals surface area contributed by atoms with Crippen LogP contribution in [0.4, 0.5) is 4.79 Å². The highest BCUT2D eigenvalue weighted by Gasteiger charge is 2.65. The van der Waals surface area contributed by atoms with Gasteiger partial charge in [-0.2, -0.15) is 0 Å². The van der Waals surface area contributed by atoms with Crippen LogP contribution < -0.4 is 9.47 Å². The number of amides is 1. The van der Waals surface area contributed by atoms with Crippen molar-refractivity contribution in [3.8, 4) is 11.5 Å². The predicted molar refractivity (Wildman–Crippen MR) is 206 cm³/mol. The number of hydrogen-bond acceptors (Lipinski definition) is 9. The van der Waals surface area contributed by atoms with Gasteiger partial charge in [0.05, 0.1) is 24.8 Å². The van der Waals surface area contributed by atoms with Crippen LogP contribution in [0.5, 0.6) is 11.5 Å². The van der Waals surface area contributed by atoms with E-state index in [1.54, 1.807) is 30.2 Å². The molecular formula is C43H56N2O8. The van der Waals surface area contributed by atoms with E-state index in [1.807, 2.05) is 42.5 Å². The molecule has 10 heteroatoms. The summed E-state index contributed by atoms with van der Waals surface area (Å²) in [7, 11) is 1.72. The molecule has 5 rings (SSSR count). The molecule has 1 fully saturated rings. The summed E-state index contributed by atoms with van der Waals surface area (Å²) in [6.45, 7) is 12.8. The van der Waals surface area contributed by atoms with Crippen molar-refractivity contribution < 1.29 is 38.8 Å². The van der Waals surface area contributed by atoms with Crippen molar-refractivity contribution in [1.82, 2.24) is 4.90 Å². The fourth-order valence-corrected chi connectivity index (χ4v) is 8.19. The maximum absolute atomic E-state index is 13.8. The number of carbonyl (C=O) groups excluding carboxylic acids is 1. The van der Waals surface area contributed by atoms with Crippen molar-refractivity contribution in [2.45, 2.75) is 75.7 Å². The number of carbonyl (C=O) groups is 1. The molecule has 1 saturated carbocycles. The van der Waals surface area contributed by atoms with Gasteiger partial charge in [-0.3, -0.25) is 0 Å². The van der Waals surface area contributed by atoms with Gasteiger partial charge in [0.1, 0.15) is 30.8 Å². The number of likely N-dealkylation sites (N-methyl/N-ethyl adjacent to an activating group) is 1. The first-order valence-corrected chi connectivity index (χ1v) is 18.9. The Labute approximate surface area is 314 Å². The molecule has 2 aromatic carbocycles. The summed E-state index contributed by atoms with van der Waals surface area (Å²) in [4.78, 5) is 21.4. The van der Waals surface area contributed by atoms with Gasteiger partial charge >= 0.3 is 6.09 Å². The molecule has 286 valence electrons. The number of aliphatic hydroxyl groups is 2.